The number of carbonyl (C=O) groups is 3. The molecule has 10 nitrogen and oxygen atoms in total. The third kappa shape index (κ3) is 6.41. The van der Waals surface area contributed by atoms with Crippen LogP contribution >= 0.6 is 11.6 Å². The van der Waals surface area contributed by atoms with Gasteiger partial charge in [0.2, 0.25) is 5.82 Å². The quantitative estimate of drug-likeness (QED) is 0.327. The Morgan fingerprint density at radius 2 is 1.93 bits per heavy atom. The Morgan fingerprint density at radius 3 is 2.57 bits per heavy atom. The smallest absolute Gasteiger partial charge is 0.312 e. The Kier molecular flexibility index (Phi) is 7.64. The molecule has 1 unspecified atom stereocenters. The standard InChI is InChI=1S/C18H16ClFN4O6/c19-12-4-2-1-3-11(12)14(23-18(21)27)8-17(26)30-9-16(25)22-10-5-6-13(20)15(7-10)24(28)29/h1-7,14H,8-9H2,(H,22,25)(H3,21,23,27). The normalized spacial score (nSPS) is 11.3. The van der Waals surface area contributed by atoms with Crippen LogP contribution in [0.25, 0.3) is 0 Å². The lowest BCUT2D eigenvalue weighted by molar-refractivity contribution is -0.387. The van der Waals surface area contributed by atoms with Crippen molar-refractivity contribution in [2.45, 2.75) is 12.5 Å². The average Bonchev–Trinajstić information content (AvgIpc) is 2.67. The summed E-state index contributed by atoms with van der Waals surface area (Å²) in [5.41, 5.74) is 4.69. The number of nitrogens with zero attached hydrogens (tertiary/aromatic N) is 1. The van der Waals surface area contributed by atoms with Crippen LogP contribution in [0.2, 0.25) is 5.02 Å². The molecule has 0 radical (unpaired) electrons. The van der Waals surface area contributed by atoms with Crippen LogP contribution in [0.1, 0.15) is 18.0 Å². The first-order chi connectivity index (χ1) is 14.2. The predicted octanol–water partition coefficient (Wildman–Crippen LogP) is 2.67. The summed E-state index contributed by atoms with van der Waals surface area (Å²) in [5, 5.41) is 15.6. The van der Waals surface area contributed by atoms with E-state index in [1.807, 2.05) is 0 Å². The van der Waals surface area contributed by atoms with E-state index in [9.17, 15) is 28.9 Å². The van der Waals surface area contributed by atoms with Crippen molar-refractivity contribution in [1.82, 2.24) is 5.32 Å². The van der Waals surface area contributed by atoms with Gasteiger partial charge >= 0.3 is 17.7 Å². The van der Waals surface area contributed by atoms with Crippen LogP contribution in [-0.4, -0.2) is 29.4 Å². The number of amides is 3. The number of carbonyl (C=O) groups excluding carboxylic acids is 3. The Balaban J connectivity index is 1.96. The van der Waals surface area contributed by atoms with Crippen LogP contribution < -0.4 is 16.4 Å². The number of nitrogens with two attached hydrogens (primary N) is 1. The second kappa shape index (κ2) is 10.2. The molecule has 1 atom stereocenters. The molecule has 4 N–H and O–H groups in total. The summed E-state index contributed by atoms with van der Waals surface area (Å²) >= 11 is 6.07. The van der Waals surface area contributed by atoms with E-state index in [2.05, 4.69) is 10.6 Å². The lowest BCUT2D eigenvalue weighted by Crippen LogP contribution is -2.35. The molecule has 0 aliphatic heterocycles. The third-order valence-electron chi connectivity index (χ3n) is 3.76. The summed E-state index contributed by atoms with van der Waals surface area (Å²) in [7, 11) is 0. The number of esters is 1. The van der Waals surface area contributed by atoms with Crippen molar-refractivity contribution in [1.29, 1.82) is 0 Å². The zero-order valence-electron chi connectivity index (χ0n) is 15.3. The van der Waals surface area contributed by atoms with Crippen molar-refractivity contribution in [2.75, 3.05) is 11.9 Å². The fourth-order valence-corrected chi connectivity index (χ4v) is 2.73. The van der Waals surface area contributed by atoms with Crippen molar-refractivity contribution in [3.05, 3.63) is 69.0 Å². The van der Waals surface area contributed by atoms with Gasteiger partial charge in [-0.15, -0.1) is 0 Å². The predicted molar refractivity (Wildman–Crippen MR) is 104 cm³/mol. The van der Waals surface area contributed by atoms with Gasteiger partial charge < -0.3 is 21.1 Å². The highest BCUT2D eigenvalue weighted by Gasteiger charge is 2.21. The van der Waals surface area contributed by atoms with Gasteiger partial charge in [-0.1, -0.05) is 29.8 Å². The summed E-state index contributed by atoms with van der Waals surface area (Å²) in [5.74, 6) is -2.70. The fraction of sp³-hybridized carbons (Fsp3) is 0.167. The SMILES string of the molecule is NC(=O)NC(CC(=O)OCC(=O)Nc1ccc(F)c([N+](=O)[O-])c1)c1ccccc1Cl. The minimum absolute atomic E-state index is 0.0477. The van der Waals surface area contributed by atoms with Gasteiger partial charge in [-0.25, -0.2) is 4.79 Å². The monoisotopic (exact) mass is 438 g/mol. The molecule has 0 fully saturated rings. The van der Waals surface area contributed by atoms with E-state index in [0.717, 1.165) is 18.2 Å². The third-order valence-corrected chi connectivity index (χ3v) is 4.10. The van der Waals surface area contributed by atoms with E-state index in [-0.39, 0.29) is 12.1 Å². The van der Waals surface area contributed by atoms with Crippen molar-refractivity contribution >= 4 is 40.9 Å². The number of urea groups is 1. The molecule has 30 heavy (non-hydrogen) atoms. The first-order valence-corrected chi connectivity index (χ1v) is 8.75. The van der Waals surface area contributed by atoms with Crippen molar-refractivity contribution in [3.8, 4) is 0 Å². The van der Waals surface area contributed by atoms with Crippen LogP contribution in [0.3, 0.4) is 0 Å². The summed E-state index contributed by atoms with van der Waals surface area (Å²) in [6, 6.07) is 7.47. The molecule has 12 heteroatoms. The largest absolute Gasteiger partial charge is 0.455 e. The second-order valence-electron chi connectivity index (χ2n) is 5.92. The number of hydrogen-bond acceptors (Lipinski definition) is 6. The molecule has 0 aliphatic rings. The summed E-state index contributed by atoms with van der Waals surface area (Å²) in [6.45, 7) is -0.712. The van der Waals surface area contributed by atoms with E-state index in [1.54, 1.807) is 24.3 Å². The fourth-order valence-electron chi connectivity index (χ4n) is 2.47. The topological polar surface area (TPSA) is 154 Å². The molecule has 2 aromatic carbocycles. The lowest BCUT2D eigenvalue weighted by atomic mass is 10.0. The van der Waals surface area contributed by atoms with E-state index in [1.165, 1.54) is 0 Å². The highest BCUT2D eigenvalue weighted by atomic mass is 35.5. The van der Waals surface area contributed by atoms with E-state index in [0.29, 0.717) is 10.6 Å². The van der Waals surface area contributed by atoms with Gasteiger partial charge in [-0.3, -0.25) is 19.7 Å². The van der Waals surface area contributed by atoms with E-state index >= 15 is 0 Å². The van der Waals surface area contributed by atoms with Gasteiger partial charge in [0, 0.05) is 16.8 Å². The Labute approximate surface area is 174 Å². The molecule has 0 aromatic heterocycles. The summed E-state index contributed by atoms with van der Waals surface area (Å²) in [6.07, 6.45) is -0.359. The molecule has 0 heterocycles. The lowest BCUT2D eigenvalue weighted by Gasteiger charge is -2.18. The highest BCUT2D eigenvalue weighted by molar-refractivity contribution is 6.31. The van der Waals surface area contributed by atoms with Crippen molar-refractivity contribution < 1.29 is 28.4 Å². The summed E-state index contributed by atoms with van der Waals surface area (Å²) in [4.78, 5) is 45.0. The van der Waals surface area contributed by atoms with Crippen LogP contribution in [0.4, 0.5) is 20.6 Å². The summed E-state index contributed by atoms with van der Waals surface area (Å²) < 4.78 is 18.2. The number of nitro groups is 1. The van der Waals surface area contributed by atoms with Gasteiger partial charge in [0.25, 0.3) is 5.91 Å². The Hall–Kier alpha value is -3.73. The molecule has 0 saturated carbocycles. The zero-order valence-corrected chi connectivity index (χ0v) is 16.0. The van der Waals surface area contributed by atoms with Gasteiger partial charge in [0.05, 0.1) is 17.4 Å². The van der Waals surface area contributed by atoms with Crippen LogP contribution in [0.5, 0.6) is 0 Å². The highest BCUT2D eigenvalue weighted by Crippen LogP contribution is 2.25. The number of ether oxygens (including phenoxy) is 1. The maximum Gasteiger partial charge on any atom is 0.312 e. The first kappa shape index (κ1) is 22.6. The van der Waals surface area contributed by atoms with Gasteiger partial charge in [-0.05, 0) is 23.8 Å². The number of primary amides is 1. The van der Waals surface area contributed by atoms with Crippen molar-refractivity contribution in [2.24, 2.45) is 5.73 Å². The maximum atomic E-state index is 13.3. The van der Waals surface area contributed by atoms with Crippen LogP contribution in [0, 0.1) is 15.9 Å². The average molecular weight is 439 g/mol. The van der Waals surface area contributed by atoms with Crippen LogP contribution in [-0.2, 0) is 14.3 Å². The molecule has 0 aliphatic carbocycles. The molecular weight excluding hydrogens is 423 g/mol. The molecule has 2 rings (SSSR count). The Bertz CT molecular complexity index is 987. The molecule has 0 spiro atoms. The molecule has 0 bridgehead atoms. The minimum atomic E-state index is -1.06. The maximum absolute atomic E-state index is 13.3. The number of benzene rings is 2. The molecule has 0 saturated heterocycles. The molecule has 2 aromatic rings. The number of rotatable bonds is 8. The number of hydrogen-bond donors (Lipinski definition) is 3. The number of halogens is 2. The number of anilines is 1. The van der Waals surface area contributed by atoms with E-state index in [4.69, 9.17) is 22.1 Å². The molecule has 158 valence electrons. The zero-order chi connectivity index (χ0) is 22.3. The van der Waals surface area contributed by atoms with Gasteiger partial charge in [-0.2, -0.15) is 4.39 Å². The van der Waals surface area contributed by atoms with Gasteiger partial charge in [0.1, 0.15) is 0 Å². The van der Waals surface area contributed by atoms with Crippen molar-refractivity contribution in [3.63, 3.8) is 0 Å². The van der Waals surface area contributed by atoms with E-state index < -0.39 is 47.0 Å². The number of nitrogens with one attached hydrogen (secondary N) is 2. The molecule has 3 amide bonds. The number of nitro benzene ring substituents is 1. The first-order valence-electron chi connectivity index (χ1n) is 8.37. The van der Waals surface area contributed by atoms with Crippen LogP contribution in [0.15, 0.2) is 42.5 Å². The molecular formula is C18H16ClFN4O6. The Morgan fingerprint density at radius 1 is 1.23 bits per heavy atom. The minimum Gasteiger partial charge on any atom is -0.455 e. The second-order valence-corrected chi connectivity index (χ2v) is 6.33. The van der Waals surface area contributed by atoms with Gasteiger partial charge in [0.15, 0.2) is 6.61 Å².